The second-order valence-corrected chi connectivity index (χ2v) is 4.64. The monoisotopic (exact) mass is 230 g/mol. The summed E-state index contributed by atoms with van der Waals surface area (Å²) in [4.78, 5) is 2.56. The van der Waals surface area contributed by atoms with E-state index < -0.39 is 0 Å². The van der Waals surface area contributed by atoms with Gasteiger partial charge in [-0.2, -0.15) is 0 Å². The Hall–Kier alpha value is -0.0500. The highest BCUT2D eigenvalue weighted by molar-refractivity contribution is 6.25. The number of hydrogen-bond donors (Lipinski definition) is 1. The summed E-state index contributed by atoms with van der Waals surface area (Å²) < 4.78 is 0. The normalized spacial score (nSPS) is 23.5. The lowest BCUT2D eigenvalue weighted by Gasteiger charge is -2.34. The average molecular weight is 231 g/mol. The largest absolute Gasteiger partial charge is 0.315 e. The molecule has 1 N–H and O–H groups in total. The van der Waals surface area contributed by atoms with Crippen LogP contribution in [0.25, 0.3) is 0 Å². The molecular weight excluding hydrogens is 208 g/mol. The lowest BCUT2D eigenvalue weighted by atomic mass is 10.0. The third-order valence-corrected chi connectivity index (χ3v) is 3.31. The predicted octanol–water partition coefficient (Wildman–Crippen LogP) is 2.59. The van der Waals surface area contributed by atoms with Crippen molar-refractivity contribution in [3.05, 3.63) is 11.1 Å². The van der Waals surface area contributed by atoms with Gasteiger partial charge in [0.1, 0.15) is 0 Å². The van der Waals surface area contributed by atoms with E-state index in [1.54, 1.807) is 5.54 Å². The number of nitrogens with one attached hydrogen (secondary N) is 1. The average Bonchev–Trinajstić information content (AvgIpc) is 2.29. The molecule has 88 valence electrons. The van der Waals surface area contributed by atoms with Crippen molar-refractivity contribution in [1.82, 2.24) is 10.2 Å². The van der Waals surface area contributed by atoms with Gasteiger partial charge in [0.05, 0.1) is 0 Å². The second-order valence-electron chi connectivity index (χ2n) is 4.43. The first-order valence-electron chi connectivity index (χ1n) is 5.98. The van der Waals surface area contributed by atoms with E-state index >= 15 is 0 Å². The third-order valence-electron chi connectivity index (χ3n) is 2.94. The predicted molar refractivity (Wildman–Crippen MR) is 67.4 cm³/mol. The highest BCUT2D eigenvalue weighted by Gasteiger charge is 2.19. The molecule has 0 aromatic carbocycles. The number of hydrogen-bond acceptors (Lipinski definition) is 2. The molecule has 1 saturated heterocycles. The summed E-state index contributed by atoms with van der Waals surface area (Å²) in [5.41, 5.74) is 2.97. The standard InChI is InChI=1S/C12H23ClN2/c1-3-7-15(10-11(2)8-13)12-5-4-6-14-9-12/h8,12,14H,3-7,9-10H2,1-2H3. The molecule has 0 saturated carbocycles. The molecular formula is C12H23ClN2. The van der Waals surface area contributed by atoms with Gasteiger partial charge in [-0.3, -0.25) is 4.90 Å². The minimum absolute atomic E-state index is 0.699. The van der Waals surface area contributed by atoms with Crippen molar-refractivity contribution in [2.75, 3.05) is 26.2 Å². The summed E-state index contributed by atoms with van der Waals surface area (Å²) in [6.07, 6.45) is 3.84. The Balaban J connectivity index is 2.47. The van der Waals surface area contributed by atoms with Crippen LogP contribution in [0.15, 0.2) is 11.1 Å². The lowest BCUT2D eigenvalue weighted by molar-refractivity contribution is 0.179. The van der Waals surface area contributed by atoms with Crippen LogP contribution in [0.4, 0.5) is 0 Å². The quantitative estimate of drug-likeness (QED) is 0.781. The van der Waals surface area contributed by atoms with E-state index in [0.717, 1.165) is 13.1 Å². The molecule has 15 heavy (non-hydrogen) atoms. The van der Waals surface area contributed by atoms with Gasteiger partial charge in [-0.25, -0.2) is 0 Å². The fourth-order valence-electron chi connectivity index (χ4n) is 2.18. The van der Waals surface area contributed by atoms with Gasteiger partial charge in [0.25, 0.3) is 0 Å². The van der Waals surface area contributed by atoms with Gasteiger partial charge in [-0.05, 0) is 44.8 Å². The molecule has 0 spiro atoms. The maximum Gasteiger partial charge on any atom is 0.0224 e. The third kappa shape index (κ3) is 4.54. The van der Waals surface area contributed by atoms with Crippen LogP contribution >= 0.6 is 11.6 Å². The zero-order chi connectivity index (χ0) is 11.1. The van der Waals surface area contributed by atoms with E-state index in [1.165, 1.54) is 37.9 Å². The summed E-state index contributed by atoms with van der Waals surface area (Å²) in [5.74, 6) is 0. The van der Waals surface area contributed by atoms with Crippen LogP contribution in [0.3, 0.4) is 0 Å². The minimum atomic E-state index is 0.699. The molecule has 0 amide bonds. The van der Waals surface area contributed by atoms with Gasteiger partial charge in [0, 0.05) is 24.7 Å². The maximum atomic E-state index is 5.73. The Bertz CT molecular complexity index is 198. The van der Waals surface area contributed by atoms with Crippen molar-refractivity contribution in [3.63, 3.8) is 0 Å². The number of piperidine rings is 1. The fraction of sp³-hybridized carbons (Fsp3) is 0.833. The van der Waals surface area contributed by atoms with Gasteiger partial charge in [-0.15, -0.1) is 0 Å². The topological polar surface area (TPSA) is 15.3 Å². The van der Waals surface area contributed by atoms with Crippen molar-refractivity contribution in [2.45, 2.75) is 39.2 Å². The molecule has 0 aliphatic carbocycles. The molecule has 0 radical (unpaired) electrons. The van der Waals surface area contributed by atoms with Crippen LogP contribution < -0.4 is 5.32 Å². The number of rotatable bonds is 5. The molecule has 0 aromatic rings. The summed E-state index contributed by atoms with van der Waals surface area (Å²) >= 11 is 5.73. The van der Waals surface area contributed by atoms with Gasteiger partial charge in [-0.1, -0.05) is 18.5 Å². The van der Waals surface area contributed by atoms with Crippen LogP contribution in [0.2, 0.25) is 0 Å². The molecule has 0 aromatic heterocycles. The Kier molecular flexibility index (Phi) is 6.30. The smallest absolute Gasteiger partial charge is 0.0224 e. The van der Waals surface area contributed by atoms with Crippen molar-refractivity contribution in [2.24, 2.45) is 0 Å². The molecule has 2 nitrogen and oxygen atoms in total. The summed E-state index contributed by atoms with van der Waals surface area (Å²) in [5, 5.41) is 3.47. The van der Waals surface area contributed by atoms with Crippen LogP contribution in [0.1, 0.15) is 33.1 Å². The highest BCUT2D eigenvalue weighted by atomic mass is 35.5. The SMILES string of the molecule is CCCN(CC(C)=CCl)C1CCCNC1. The first-order chi connectivity index (χ1) is 7.27. The minimum Gasteiger partial charge on any atom is -0.315 e. The first-order valence-corrected chi connectivity index (χ1v) is 6.42. The molecule has 1 aliphatic heterocycles. The summed E-state index contributed by atoms with van der Waals surface area (Å²) in [6.45, 7) is 8.85. The van der Waals surface area contributed by atoms with Crippen LogP contribution in [0, 0.1) is 0 Å². The highest BCUT2D eigenvalue weighted by Crippen LogP contribution is 2.13. The van der Waals surface area contributed by atoms with Crippen LogP contribution in [-0.2, 0) is 0 Å². The van der Waals surface area contributed by atoms with E-state index in [2.05, 4.69) is 24.1 Å². The first kappa shape index (κ1) is 13.0. The second kappa shape index (κ2) is 7.26. The number of halogens is 1. The molecule has 1 atom stereocenters. The van der Waals surface area contributed by atoms with Crippen molar-refractivity contribution in [3.8, 4) is 0 Å². The zero-order valence-electron chi connectivity index (χ0n) is 9.93. The molecule has 1 heterocycles. The van der Waals surface area contributed by atoms with Gasteiger partial charge in [0.15, 0.2) is 0 Å². The van der Waals surface area contributed by atoms with E-state index in [-0.39, 0.29) is 0 Å². The maximum absolute atomic E-state index is 5.73. The summed E-state index contributed by atoms with van der Waals surface area (Å²) in [6, 6.07) is 0.699. The molecule has 1 unspecified atom stereocenters. The Morgan fingerprint density at radius 1 is 1.60 bits per heavy atom. The molecule has 1 fully saturated rings. The van der Waals surface area contributed by atoms with E-state index in [9.17, 15) is 0 Å². The molecule has 1 aliphatic rings. The Morgan fingerprint density at radius 2 is 2.40 bits per heavy atom. The van der Waals surface area contributed by atoms with Gasteiger partial charge >= 0.3 is 0 Å². The number of nitrogens with zero attached hydrogens (tertiary/aromatic N) is 1. The van der Waals surface area contributed by atoms with E-state index in [1.807, 2.05) is 0 Å². The van der Waals surface area contributed by atoms with E-state index in [0.29, 0.717) is 6.04 Å². The zero-order valence-corrected chi connectivity index (χ0v) is 10.7. The van der Waals surface area contributed by atoms with Gasteiger partial charge in [0.2, 0.25) is 0 Å². The summed E-state index contributed by atoms with van der Waals surface area (Å²) in [7, 11) is 0. The van der Waals surface area contributed by atoms with E-state index in [4.69, 9.17) is 11.6 Å². The molecule has 0 bridgehead atoms. The Labute approximate surface area is 98.7 Å². The molecule has 3 heteroatoms. The van der Waals surface area contributed by atoms with Crippen molar-refractivity contribution >= 4 is 11.6 Å². The van der Waals surface area contributed by atoms with Gasteiger partial charge < -0.3 is 5.32 Å². The Morgan fingerprint density at radius 3 is 2.93 bits per heavy atom. The molecule has 1 rings (SSSR count). The van der Waals surface area contributed by atoms with Crippen molar-refractivity contribution < 1.29 is 0 Å². The van der Waals surface area contributed by atoms with Crippen LogP contribution in [-0.4, -0.2) is 37.1 Å². The van der Waals surface area contributed by atoms with Crippen LogP contribution in [0.5, 0.6) is 0 Å². The lowest BCUT2D eigenvalue weighted by Crippen LogP contribution is -2.46. The fourth-order valence-corrected chi connectivity index (χ4v) is 2.25. The van der Waals surface area contributed by atoms with Crippen molar-refractivity contribution in [1.29, 1.82) is 0 Å².